The Labute approximate surface area is 139 Å². The molecule has 7 heteroatoms. The van der Waals surface area contributed by atoms with Crippen molar-refractivity contribution in [2.75, 3.05) is 18.9 Å². The van der Waals surface area contributed by atoms with Gasteiger partial charge in [-0.3, -0.25) is 9.59 Å². The Morgan fingerprint density at radius 1 is 1.22 bits per heavy atom. The first-order valence-corrected chi connectivity index (χ1v) is 6.98. The topological polar surface area (TPSA) is 63.1 Å². The second kappa shape index (κ2) is 9.07. The fraction of sp³-hybridized carbons (Fsp3) is 0.250. The van der Waals surface area contributed by atoms with E-state index in [1.54, 1.807) is 37.5 Å². The molecular formula is C16H19ClFN3O2. The van der Waals surface area contributed by atoms with Gasteiger partial charge in [-0.2, -0.15) is 0 Å². The van der Waals surface area contributed by atoms with Gasteiger partial charge in [-0.25, -0.2) is 4.39 Å². The lowest BCUT2D eigenvalue weighted by Gasteiger charge is -2.09. The highest BCUT2D eigenvalue weighted by molar-refractivity contribution is 5.90. The van der Waals surface area contributed by atoms with Gasteiger partial charge in [-0.1, -0.05) is 12.1 Å². The smallest absolute Gasteiger partial charge is 0.274 e. The van der Waals surface area contributed by atoms with E-state index in [1.807, 2.05) is 0 Å². The molecule has 0 aliphatic rings. The highest BCUT2D eigenvalue weighted by Gasteiger charge is 2.07. The number of pyridine rings is 1. The normalized spacial score (nSPS) is 10.0. The van der Waals surface area contributed by atoms with E-state index in [0.717, 1.165) is 5.56 Å². The van der Waals surface area contributed by atoms with Crippen LogP contribution in [0.3, 0.4) is 0 Å². The molecule has 2 rings (SSSR count). The lowest BCUT2D eigenvalue weighted by Crippen LogP contribution is -2.27. The maximum Gasteiger partial charge on any atom is 0.274 e. The zero-order valence-electron chi connectivity index (χ0n) is 12.7. The highest BCUT2D eigenvalue weighted by Crippen LogP contribution is 2.06. The van der Waals surface area contributed by atoms with Crippen molar-refractivity contribution < 1.29 is 9.18 Å². The molecule has 0 saturated carbocycles. The molecule has 1 amide bonds. The van der Waals surface area contributed by atoms with Crippen LogP contribution in [0.25, 0.3) is 0 Å². The van der Waals surface area contributed by atoms with Crippen molar-refractivity contribution in [3.63, 3.8) is 0 Å². The molecular weight excluding hydrogens is 321 g/mol. The summed E-state index contributed by atoms with van der Waals surface area (Å²) in [6.07, 6.45) is 1.93. The molecule has 2 N–H and O–H groups in total. The highest BCUT2D eigenvalue weighted by atomic mass is 35.5. The van der Waals surface area contributed by atoms with Crippen molar-refractivity contribution in [2.24, 2.45) is 0 Å². The van der Waals surface area contributed by atoms with Crippen LogP contribution in [0.4, 0.5) is 10.1 Å². The first kappa shape index (κ1) is 18.9. The van der Waals surface area contributed by atoms with Crippen LogP contribution in [0.2, 0.25) is 0 Å². The summed E-state index contributed by atoms with van der Waals surface area (Å²) < 4.78 is 14.4. The quantitative estimate of drug-likeness (QED) is 0.846. The third-order valence-electron chi connectivity index (χ3n) is 3.16. The SMILES string of the molecule is CNCCC(=O)Nc1cccn(Cc2ccc(F)cc2)c1=O.Cl. The van der Waals surface area contributed by atoms with Gasteiger partial charge in [-0.15, -0.1) is 12.4 Å². The van der Waals surface area contributed by atoms with Gasteiger partial charge in [0.2, 0.25) is 5.91 Å². The molecule has 0 spiro atoms. The Bertz CT molecular complexity index is 701. The predicted octanol–water partition coefficient (Wildman–Crippen LogP) is 2.01. The number of nitrogens with zero attached hydrogens (tertiary/aromatic N) is 1. The Morgan fingerprint density at radius 3 is 2.57 bits per heavy atom. The number of carbonyl (C=O) groups excluding carboxylic acids is 1. The molecule has 0 fully saturated rings. The van der Waals surface area contributed by atoms with E-state index in [9.17, 15) is 14.0 Å². The van der Waals surface area contributed by atoms with Crippen LogP contribution >= 0.6 is 12.4 Å². The van der Waals surface area contributed by atoms with Gasteiger partial charge in [-0.05, 0) is 36.9 Å². The van der Waals surface area contributed by atoms with Crippen LogP contribution in [0.5, 0.6) is 0 Å². The number of amides is 1. The number of anilines is 1. The zero-order valence-corrected chi connectivity index (χ0v) is 13.5. The summed E-state index contributed by atoms with van der Waals surface area (Å²) >= 11 is 0. The monoisotopic (exact) mass is 339 g/mol. The summed E-state index contributed by atoms with van der Waals surface area (Å²) in [6, 6.07) is 9.22. The molecule has 0 saturated heterocycles. The molecule has 0 radical (unpaired) electrons. The molecule has 124 valence electrons. The molecule has 0 bridgehead atoms. The van der Waals surface area contributed by atoms with E-state index in [0.29, 0.717) is 19.5 Å². The zero-order chi connectivity index (χ0) is 15.9. The minimum Gasteiger partial charge on any atom is -0.321 e. The molecule has 0 atom stereocenters. The number of hydrogen-bond acceptors (Lipinski definition) is 3. The Morgan fingerprint density at radius 2 is 1.91 bits per heavy atom. The third-order valence-corrected chi connectivity index (χ3v) is 3.16. The number of carbonyl (C=O) groups is 1. The minimum atomic E-state index is -0.318. The van der Waals surface area contributed by atoms with Crippen molar-refractivity contribution in [1.29, 1.82) is 0 Å². The molecule has 5 nitrogen and oxygen atoms in total. The van der Waals surface area contributed by atoms with Crippen LogP contribution in [0, 0.1) is 5.82 Å². The maximum atomic E-state index is 12.9. The van der Waals surface area contributed by atoms with E-state index >= 15 is 0 Å². The van der Waals surface area contributed by atoms with Crippen LogP contribution in [0.15, 0.2) is 47.4 Å². The van der Waals surface area contributed by atoms with Gasteiger partial charge in [0.15, 0.2) is 0 Å². The van der Waals surface area contributed by atoms with Crippen molar-refractivity contribution >= 4 is 24.0 Å². The molecule has 1 aromatic carbocycles. The second-order valence-electron chi connectivity index (χ2n) is 4.88. The van der Waals surface area contributed by atoms with Crippen LogP contribution in [-0.2, 0) is 11.3 Å². The largest absolute Gasteiger partial charge is 0.321 e. The number of halogens is 2. The van der Waals surface area contributed by atoms with Gasteiger partial charge in [0.05, 0.1) is 6.54 Å². The van der Waals surface area contributed by atoms with Crippen LogP contribution in [0.1, 0.15) is 12.0 Å². The molecule has 2 aromatic rings. The van der Waals surface area contributed by atoms with E-state index in [1.165, 1.54) is 16.7 Å². The summed E-state index contributed by atoms with van der Waals surface area (Å²) in [5, 5.41) is 5.48. The Balaban J connectivity index is 0.00000264. The maximum absolute atomic E-state index is 12.9. The number of rotatable bonds is 6. The average Bonchev–Trinajstić information content (AvgIpc) is 2.51. The van der Waals surface area contributed by atoms with Crippen molar-refractivity contribution in [2.45, 2.75) is 13.0 Å². The van der Waals surface area contributed by atoms with Gasteiger partial charge >= 0.3 is 0 Å². The Kier molecular flexibility index (Phi) is 7.44. The second-order valence-corrected chi connectivity index (χ2v) is 4.88. The van der Waals surface area contributed by atoms with Gasteiger partial charge in [0.1, 0.15) is 11.5 Å². The summed E-state index contributed by atoms with van der Waals surface area (Å²) in [6.45, 7) is 0.863. The standard InChI is InChI=1S/C16H18FN3O2.ClH/c1-18-9-8-15(21)19-14-3-2-10-20(16(14)22)11-12-4-6-13(17)7-5-12;/h2-7,10,18H,8-9,11H2,1H3,(H,19,21);1H. The molecule has 0 aliphatic heterocycles. The molecule has 1 aromatic heterocycles. The van der Waals surface area contributed by atoms with Crippen LogP contribution < -0.4 is 16.2 Å². The lowest BCUT2D eigenvalue weighted by atomic mass is 10.2. The third kappa shape index (κ3) is 5.50. The van der Waals surface area contributed by atoms with E-state index in [-0.39, 0.29) is 35.4 Å². The number of hydrogen-bond donors (Lipinski definition) is 2. The summed E-state index contributed by atoms with van der Waals surface area (Å²) in [7, 11) is 1.76. The fourth-order valence-electron chi connectivity index (χ4n) is 1.99. The first-order valence-electron chi connectivity index (χ1n) is 6.98. The van der Waals surface area contributed by atoms with Gasteiger partial charge in [0, 0.05) is 19.2 Å². The first-order chi connectivity index (χ1) is 10.6. The Hall–Kier alpha value is -2.18. The van der Waals surface area contributed by atoms with E-state index in [2.05, 4.69) is 10.6 Å². The number of benzene rings is 1. The van der Waals surface area contributed by atoms with Crippen LogP contribution in [-0.4, -0.2) is 24.1 Å². The average molecular weight is 340 g/mol. The summed E-state index contributed by atoms with van der Waals surface area (Å²) in [5.41, 5.74) is 0.762. The number of aromatic nitrogens is 1. The molecule has 0 unspecified atom stereocenters. The molecule has 1 heterocycles. The molecule has 23 heavy (non-hydrogen) atoms. The van der Waals surface area contributed by atoms with Crippen molar-refractivity contribution in [3.8, 4) is 0 Å². The summed E-state index contributed by atoms with van der Waals surface area (Å²) in [4.78, 5) is 24.0. The van der Waals surface area contributed by atoms with E-state index < -0.39 is 0 Å². The lowest BCUT2D eigenvalue weighted by molar-refractivity contribution is -0.116. The summed E-state index contributed by atoms with van der Waals surface area (Å²) in [5.74, 6) is -0.535. The van der Waals surface area contributed by atoms with Crippen molar-refractivity contribution in [3.05, 3.63) is 64.3 Å². The minimum absolute atomic E-state index is 0. The van der Waals surface area contributed by atoms with E-state index in [4.69, 9.17) is 0 Å². The number of nitrogens with one attached hydrogen (secondary N) is 2. The molecule has 0 aliphatic carbocycles. The van der Waals surface area contributed by atoms with Gasteiger partial charge < -0.3 is 15.2 Å². The predicted molar refractivity (Wildman–Crippen MR) is 90.6 cm³/mol. The van der Waals surface area contributed by atoms with Crippen molar-refractivity contribution in [1.82, 2.24) is 9.88 Å². The fourth-order valence-corrected chi connectivity index (χ4v) is 1.99. The van der Waals surface area contributed by atoms with Gasteiger partial charge in [0.25, 0.3) is 5.56 Å².